The Bertz CT molecular complexity index is 537. The van der Waals surface area contributed by atoms with E-state index in [0.717, 1.165) is 30.2 Å². The summed E-state index contributed by atoms with van der Waals surface area (Å²) in [6.07, 6.45) is 4.68. The van der Waals surface area contributed by atoms with Gasteiger partial charge in [0.25, 0.3) is 0 Å². The quantitative estimate of drug-likeness (QED) is 0.858. The van der Waals surface area contributed by atoms with Gasteiger partial charge in [0.2, 0.25) is 0 Å². The Balaban J connectivity index is 2.03. The molecule has 2 aromatic rings. The van der Waals surface area contributed by atoms with Crippen molar-refractivity contribution < 1.29 is 9.47 Å². The van der Waals surface area contributed by atoms with E-state index < -0.39 is 0 Å². The third-order valence-corrected chi connectivity index (χ3v) is 3.00. The Labute approximate surface area is 113 Å². The van der Waals surface area contributed by atoms with Crippen LogP contribution < -0.4 is 15.2 Å². The van der Waals surface area contributed by atoms with Gasteiger partial charge in [-0.3, -0.25) is 0 Å². The number of rotatable bonds is 6. The number of methoxy groups -OCH3 is 2. The van der Waals surface area contributed by atoms with E-state index in [2.05, 4.69) is 4.98 Å². The van der Waals surface area contributed by atoms with Crippen molar-refractivity contribution >= 4 is 0 Å². The molecule has 1 aromatic heterocycles. The van der Waals surface area contributed by atoms with Gasteiger partial charge >= 0.3 is 0 Å². The summed E-state index contributed by atoms with van der Waals surface area (Å²) in [5, 5.41) is 0. The fraction of sp³-hybridized carbons (Fsp3) is 0.357. The SMILES string of the molecule is COc1ccc(CCn2cnc(CN)c2)cc1OC. The van der Waals surface area contributed by atoms with Crippen LogP contribution >= 0.6 is 0 Å². The van der Waals surface area contributed by atoms with E-state index in [9.17, 15) is 0 Å². The zero-order valence-corrected chi connectivity index (χ0v) is 11.3. The van der Waals surface area contributed by atoms with E-state index in [-0.39, 0.29) is 0 Å². The average molecular weight is 261 g/mol. The van der Waals surface area contributed by atoms with Crippen molar-refractivity contribution in [1.29, 1.82) is 0 Å². The van der Waals surface area contributed by atoms with Crippen LogP contribution in [0.1, 0.15) is 11.3 Å². The number of benzene rings is 1. The number of aryl methyl sites for hydroxylation is 2. The molecule has 5 nitrogen and oxygen atoms in total. The molecule has 2 rings (SSSR count). The molecule has 1 aromatic carbocycles. The van der Waals surface area contributed by atoms with Crippen molar-refractivity contribution in [2.75, 3.05) is 14.2 Å². The highest BCUT2D eigenvalue weighted by atomic mass is 16.5. The summed E-state index contributed by atoms with van der Waals surface area (Å²) in [5.41, 5.74) is 7.64. The molecule has 5 heteroatoms. The van der Waals surface area contributed by atoms with E-state index in [1.165, 1.54) is 5.56 Å². The van der Waals surface area contributed by atoms with Crippen LogP contribution in [0.5, 0.6) is 11.5 Å². The molecule has 19 heavy (non-hydrogen) atoms. The number of hydrogen-bond donors (Lipinski definition) is 1. The van der Waals surface area contributed by atoms with Crippen LogP contribution in [0.2, 0.25) is 0 Å². The van der Waals surface area contributed by atoms with Gasteiger partial charge in [-0.25, -0.2) is 4.98 Å². The Morgan fingerprint density at radius 3 is 2.63 bits per heavy atom. The molecule has 2 N–H and O–H groups in total. The average Bonchev–Trinajstić information content (AvgIpc) is 2.92. The molecule has 0 fully saturated rings. The lowest BCUT2D eigenvalue weighted by molar-refractivity contribution is 0.354. The predicted octanol–water partition coefficient (Wildman–Crippen LogP) is 1.60. The van der Waals surface area contributed by atoms with Crippen LogP contribution in [-0.2, 0) is 19.5 Å². The van der Waals surface area contributed by atoms with Crippen molar-refractivity contribution in [3.8, 4) is 11.5 Å². The van der Waals surface area contributed by atoms with Gasteiger partial charge in [-0.1, -0.05) is 6.07 Å². The van der Waals surface area contributed by atoms with Crippen LogP contribution in [0.3, 0.4) is 0 Å². The Kier molecular flexibility index (Phi) is 4.41. The number of nitrogens with zero attached hydrogens (tertiary/aromatic N) is 2. The summed E-state index contributed by atoms with van der Waals surface area (Å²) in [6.45, 7) is 1.34. The first-order chi connectivity index (χ1) is 9.26. The Morgan fingerprint density at radius 1 is 1.21 bits per heavy atom. The molecule has 0 unspecified atom stereocenters. The highest BCUT2D eigenvalue weighted by Gasteiger charge is 2.05. The maximum absolute atomic E-state index is 5.53. The summed E-state index contributed by atoms with van der Waals surface area (Å²) < 4.78 is 12.5. The van der Waals surface area contributed by atoms with E-state index in [1.807, 2.05) is 35.3 Å². The summed E-state index contributed by atoms with van der Waals surface area (Å²) >= 11 is 0. The van der Waals surface area contributed by atoms with Crippen LogP contribution in [-0.4, -0.2) is 23.8 Å². The molecule has 0 saturated carbocycles. The second kappa shape index (κ2) is 6.24. The Hall–Kier alpha value is -2.01. The lowest BCUT2D eigenvalue weighted by Gasteiger charge is -2.09. The lowest BCUT2D eigenvalue weighted by atomic mass is 10.1. The van der Waals surface area contributed by atoms with Gasteiger partial charge < -0.3 is 19.8 Å². The molecule has 102 valence electrons. The van der Waals surface area contributed by atoms with Gasteiger partial charge in [0, 0.05) is 19.3 Å². The van der Waals surface area contributed by atoms with Gasteiger partial charge in [-0.2, -0.15) is 0 Å². The summed E-state index contributed by atoms with van der Waals surface area (Å²) in [4.78, 5) is 4.20. The second-order valence-corrected chi connectivity index (χ2v) is 4.25. The Morgan fingerprint density at radius 2 is 2.00 bits per heavy atom. The maximum atomic E-state index is 5.53. The van der Waals surface area contributed by atoms with Crippen LogP contribution in [0, 0.1) is 0 Å². The summed E-state index contributed by atoms with van der Waals surface area (Å²) in [7, 11) is 3.28. The van der Waals surface area contributed by atoms with E-state index >= 15 is 0 Å². The van der Waals surface area contributed by atoms with Crippen molar-refractivity contribution in [3.63, 3.8) is 0 Å². The molecule has 0 aliphatic carbocycles. The molecule has 0 atom stereocenters. The smallest absolute Gasteiger partial charge is 0.160 e. The molecule has 0 saturated heterocycles. The number of hydrogen-bond acceptors (Lipinski definition) is 4. The second-order valence-electron chi connectivity index (χ2n) is 4.25. The minimum atomic E-state index is 0.476. The zero-order chi connectivity index (χ0) is 13.7. The first-order valence-corrected chi connectivity index (χ1v) is 6.18. The molecule has 1 heterocycles. The molecule has 0 bridgehead atoms. The maximum Gasteiger partial charge on any atom is 0.160 e. The van der Waals surface area contributed by atoms with Gasteiger partial charge in [0.1, 0.15) is 0 Å². The zero-order valence-electron chi connectivity index (χ0n) is 11.3. The van der Waals surface area contributed by atoms with Gasteiger partial charge in [-0.15, -0.1) is 0 Å². The first-order valence-electron chi connectivity index (χ1n) is 6.18. The lowest BCUT2D eigenvalue weighted by Crippen LogP contribution is -2.00. The van der Waals surface area contributed by atoms with Crippen LogP contribution in [0.25, 0.3) is 0 Å². The van der Waals surface area contributed by atoms with Crippen LogP contribution in [0.15, 0.2) is 30.7 Å². The van der Waals surface area contributed by atoms with Gasteiger partial charge in [0.05, 0.1) is 26.2 Å². The molecular weight excluding hydrogens is 242 g/mol. The number of nitrogens with two attached hydrogens (primary N) is 1. The van der Waals surface area contributed by atoms with Crippen molar-refractivity contribution in [3.05, 3.63) is 42.0 Å². The van der Waals surface area contributed by atoms with Gasteiger partial charge in [-0.05, 0) is 24.1 Å². The minimum Gasteiger partial charge on any atom is -0.493 e. The highest BCUT2D eigenvalue weighted by molar-refractivity contribution is 5.42. The predicted molar refractivity (Wildman–Crippen MR) is 73.4 cm³/mol. The van der Waals surface area contributed by atoms with Crippen molar-refractivity contribution in [2.24, 2.45) is 5.73 Å². The molecule has 0 radical (unpaired) electrons. The molecule has 0 amide bonds. The molecule has 0 aliphatic rings. The number of ether oxygens (including phenoxy) is 2. The summed E-state index contributed by atoms with van der Waals surface area (Å²) in [5.74, 6) is 1.51. The number of imidazole rings is 1. The minimum absolute atomic E-state index is 0.476. The largest absolute Gasteiger partial charge is 0.493 e. The van der Waals surface area contributed by atoms with Crippen LogP contribution in [0.4, 0.5) is 0 Å². The first kappa shape index (κ1) is 13.4. The molecular formula is C14H19N3O2. The molecule has 0 spiro atoms. The number of aromatic nitrogens is 2. The van der Waals surface area contributed by atoms with Crippen molar-refractivity contribution in [2.45, 2.75) is 19.5 Å². The molecule has 0 aliphatic heterocycles. The summed E-state index contributed by atoms with van der Waals surface area (Å²) in [6, 6.07) is 5.97. The van der Waals surface area contributed by atoms with Crippen molar-refractivity contribution in [1.82, 2.24) is 9.55 Å². The highest BCUT2D eigenvalue weighted by Crippen LogP contribution is 2.27. The fourth-order valence-corrected chi connectivity index (χ4v) is 1.93. The monoisotopic (exact) mass is 261 g/mol. The normalized spacial score (nSPS) is 10.5. The van der Waals surface area contributed by atoms with E-state index in [4.69, 9.17) is 15.2 Å². The van der Waals surface area contributed by atoms with E-state index in [0.29, 0.717) is 6.54 Å². The van der Waals surface area contributed by atoms with Gasteiger partial charge in [0.15, 0.2) is 11.5 Å². The third-order valence-electron chi connectivity index (χ3n) is 3.00. The van der Waals surface area contributed by atoms with E-state index in [1.54, 1.807) is 14.2 Å². The topological polar surface area (TPSA) is 62.3 Å². The standard InChI is InChI=1S/C14H19N3O2/c1-18-13-4-3-11(7-14(13)19-2)5-6-17-9-12(8-15)16-10-17/h3-4,7,9-10H,5-6,8,15H2,1-2H3. The third kappa shape index (κ3) is 3.26. The fourth-order valence-electron chi connectivity index (χ4n) is 1.93.